The molecule has 3 heterocycles. The van der Waals surface area contributed by atoms with E-state index in [-0.39, 0.29) is 0 Å². The predicted octanol–water partition coefficient (Wildman–Crippen LogP) is 3.19. The summed E-state index contributed by atoms with van der Waals surface area (Å²) in [7, 11) is 0. The topological polar surface area (TPSA) is 41.6 Å². The first-order valence-electron chi connectivity index (χ1n) is 5.47. The van der Waals surface area contributed by atoms with Gasteiger partial charge in [-0.05, 0) is 25.1 Å². The molecule has 0 saturated carbocycles. The molecule has 0 N–H and O–H groups in total. The minimum Gasteiger partial charge on any atom is -0.330 e. The quantitative estimate of drug-likeness (QED) is 0.770. The number of hydrogen-bond donors (Lipinski definition) is 0. The zero-order chi connectivity index (χ0) is 11.8. The van der Waals surface area contributed by atoms with Gasteiger partial charge in [-0.3, -0.25) is 4.98 Å². The second kappa shape index (κ2) is 3.94. The monoisotopic (exact) mass is 241 g/mol. The van der Waals surface area contributed by atoms with E-state index in [4.69, 9.17) is 5.26 Å². The molecule has 0 saturated heterocycles. The van der Waals surface area contributed by atoms with Crippen molar-refractivity contribution in [3.05, 3.63) is 41.9 Å². The van der Waals surface area contributed by atoms with Crippen LogP contribution in [-0.2, 0) is 5.75 Å². The molecule has 2 aromatic rings. The van der Waals surface area contributed by atoms with Crippen molar-refractivity contribution in [1.82, 2.24) is 9.55 Å². The van der Waals surface area contributed by atoms with Gasteiger partial charge >= 0.3 is 0 Å². The average Bonchev–Trinajstić information content (AvgIpc) is 2.92. The van der Waals surface area contributed by atoms with Crippen molar-refractivity contribution in [2.75, 3.05) is 0 Å². The van der Waals surface area contributed by atoms with Gasteiger partial charge in [0.2, 0.25) is 0 Å². The van der Waals surface area contributed by atoms with Crippen LogP contribution in [0.5, 0.6) is 0 Å². The van der Waals surface area contributed by atoms with Crippen molar-refractivity contribution in [2.45, 2.75) is 18.1 Å². The standard InChI is InChI=1S/C13H11N3S/c1-9-16-12(10-3-2-4-15-7-10)5-11(6-14)13(16)8-17-9/h2-5,7,9H,8H2,1H3. The van der Waals surface area contributed by atoms with Crippen LogP contribution in [0.15, 0.2) is 30.6 Å². The van der Waals surface area contributed by atoms with Crippen molar-refractivity contribution in [1.29, 1.82) is 5.26 Å². The summed E-state index contributed by atoms with van der Waals surface area (Å²) in [5.41, 5.74) is 4.11. The normalized spacial score (nSPS) is 17.8. The van der Waals surface area contributed by atoms with Gasteiger partial charge in [-0.25, -0.2) is 0 Å². The molecule has 0 aromatic carbocycles. The van der Waals surface area contributed by atoms with Crippen LogP contribution in [0.4, 0.5) is 0 Å². The van der Waals surface area contributed by atoms with E-state index >= 15 is 0 Å². The number of rotatable bonds is 1. The molecule has 4 heteroatoms. The number of nitriles is 1. The Labute approximate surface area is 104 Å². The SMILES string of the molecule is CC1SCc2c(C#N)cc(-c3cccnc3)n21. The third-order valence-electron chi connectivity index (χ3n) is 3.04. The molecular formula is C13H11N3S. The lowest BCUT2D eigenvalue weighted by atomic mass is 10.2. The van der Waals surface area contributed by atoms with Gasteiger partial charge < -0.3 is 4.57 Å². The lowest BCUT2D eigenvalue weighted by Gasteiger charge is -2.11. The zero-order valence-corrected chi connectivity index (χ0v) is 10.2. The molecule has 2 aromatic heterocycles. The molecule has 3 rings (SSSR count). The van der Waals surface area contributed by atoms with Crippen molar-refractivity contribution >= 4 is 11.8 Å². The lowest BCUT2D eigenvalue weighted by Crippen LogP contribution is -1.99. The molecule has 17 heavy (non-hydrogen) atoms. The first-order valence-corrected chi connectivity index (χ1v) is 6.52. The van der Waals surface area contributed by atoms with Gasteiger partial charge in [0.25, 0.3) is 0 Å². The van der Waals surface area contributed by atoms with Gasteiger partial charge in [-0.15, -0.1) is 11.8 Å². The van der Waals surface area contributed by atoms with E-state index in [1.807, 2.05) is 36.2 Å². The predicted molar refractivity (Wildman–Crippen MR) is 68.4 cm³/mol. The summed E-state index contributed by atoms with van der Waals surface area (Å²) in [4.78, 5) is 4.14. The highest BCUT2D eigenvalue weighted by Gasteiger charge is 2.25. The molecule has 84 valence electrons. The van der Waals surface area contributed by atoms with Crippen molar-refractivity contribution in [3.8, 4) is 17.3 Å². The van der Waals surface area contributed by atoms with Gasteiger partial charge in [-0.1, -0.05) is 0 Å². The highest BCUT2D eigenvalue weighted by molar-refractivity contribution is 7.98. The van der Waals surface area contributed by atoms with Crippen LogP contribution < -0.4 is 0 Å². The molecule has 1 aliphatic heterocycles. The molecular weight excluding hydrogens is 230 g/mol. The second-order valence-corrected chi connectivity index (χ2v) is 5.33. The Balaban J connectivity index is 2.23. The van der Waals surface area contributed by atoms with Gasteiger partial charge in [-0.2, -0.15) is 5.26 Å². The Morgan fingerprint density at radius 3 is 3.18 bits per heavy atom. The fraction of sp³-hybridized carbons (Fsp3) is 0.231. The van der Waals surface area contributed by atoms with Gasteiger partial charge in [0.05, 0.1) is 16.6 Å². The summed E-state index contributed by atoms with van der Waals surface area (Å²) < 4.78 is 2.25. The number of hydrogen-bond acceptors (Lipinski definition) is 3. The van der Waals surface area contributed by atoms with E-state index in [0.717, 1.165) is 28.3 Å². The van der Waals surface area contributed by atoms with E-state index < -0.39 is 0 Å². The Kier molecular flexibility index (Phi) is 2.41. The molecule has 0 bridgehead atoms. The van der Waals surface area contributed by atoms with Crippen molar-refractivity contribution in [2.24, 2.45) is 0 Å². The van der Waals surface area contributed by atoms with Crippen LogP contribution in [-0.4, -0.2) is 9.55 Å². The molecule has 0 aliphatic carbocycles. The summed E-state index contributed by atoms with van der Waals surface area (Å²) in [6.45, 7) is 2.17. The molecule has 1 atom stereocenters. The van der Waals surface area contributed by atoms with E-state index in [1.165, 1.54) is 0 Å². The third-order valence-corrected chi connectivity index (χ3v) is 4.18. The summed E-state index contributed by atoms with van der Waals surface area (Å²) in [6, 6.07) is 8.22. The smallest absolute Gasteiger partial charge is 0.101 e. The highest BCUT2D eigenvalue weighted by atomic mass is 32.2. The van der Waals surface area contributed by atoms with Crippen LogP contribution in [0.3, 0.4) is 0 Å². The fourth-order valence-electron chi connectivity index (χ4n) is 2.23. The molecule has 0 radical (unpaired) electrons. The second-order valence-electron chi connectivity index (χ2n) is 4.02. The first kappa shape index (κ1) is 10.4. The summed E-state index contributed by atoms with van der Waals surface area (Å²) in [5, 5.41) is 9.55. The van der Waals surface area contributed by atoms with Crippen LogP contribution >= 0.6 is 11.8 Å². The minimum atomic E-state index is 0.391. The fourth-order valence-corrected chi connectivity index (χ4v) is 3.32. The van der Waals surface area contributed by atoms with Gasteiger partial charge in [0.1, 0.15) is 6.07 Å². The van der Waals surface area contributed by atoms with Crippen LogP contribution in [0.1, 0.15) is 23.6 Å². The molecule has 0 spiro atoms. The Morgan fingerprint density at radius 1 is 1.59 bits per heavy atom. The Hall–Kier alpha value is -1.73. The summed E-state index contributed by atoms with van der Waals surface area (Å²) in [6.07, 6.45) is 3.61. The highest BCUT2D eigenvalue weighted by Crippen LogP contribution is 2.42. The third kappa shape index (κ3) is 1.55. The zero-order valence-electron chi connectivity index (χ0n) is 9.42. The molecule has 0 amide bonds. The Morgan fingerprint density at radius 2 is 2.47 bits per heavy atom. The summed E-state index contributed by atoms with van der Waals surface area (Å²) in [5.74, 6) is 0.921. The van der Waals surface area contributed by atoms with E-state index in [9.17, 15) is 0 Å². The molecule has 0 fully saturated rings. The van der Waals surface area contributed by atoms with E-state index in [2.05, 4.69) is 22.5 Å². The molecule has 3 nitrogen and oxygen atoms in total. The van der Waals surface area contributed by atoms with Crippen LogP contribution in [0, 0.1) is 11.3 Å². The first-order chi connectivity index (χ1) is 8.31. The van der Waals surface area contributed by atoms with Gasteiger partial charge in [0, 0.05) is 29.4 Å². The number of nitrogens with zero attached hydrogens (tertiary/aromatic N) is 3. The van der Waals surface area contributed by atoms with E-state index in [1.54, 1.807) is 6.20 Å². The van der Waals surface area contributed by atoms with Gasteiger partial charge in [0.15, 0.2) is 0 Å². The average molecular weight is 241 g/mol. The largest absolute Gasteiger partial charge is 0.330 e. The number of pyridine rings is 1. The number of aromatic nitrogens is 2. The van der Waals surface area contributed by atoms with Crippen molar-refractivity contribution in [3.63, 3.8) is 0 Å². The lowest BCUT2D eigenvalue weighted by molar-refractivity contribution is 0.752. The number of thioether (sulfide) groups is 1. The molecule has 1 aliphatic rings. The van der Waals surface area contributed by atoms with Crippen LogP contribution in [0.2, 0.25) is 0 Å². The minimum absolute atomic E-state index is 0.391. The maximum absolute atomic E-state index is 9.16. The maximum atomic E-state index is 9.16. The van der Waals surface area contributed by atoms with E-state index in [0.29, 0.717) is 5.37 Å². The van der Waals surface area contributed by atoms with Crippen molar-refractivity contribution < 1.29 is 0 Å². The maximum Gasteiger partial charge on any atom is 0.101 e. The Bertz CT molecular complexity index is 595. The van der Waals surface area contributed by atoms with Crippen LogP contribution in [0.25, 0.3) is 11.3 Å². The molecule has 1 unspecified atom stereocenters. The summed E-state index contributed by atoms with van der Waals surface area (Å²) >= 11 is 1.86. The number of fused-ring (bicyclic) bond motifs is 1.